The molecule has 1 unspecified atom stereocenters. The first-order chi connectivity index (χ1) is 10.2. The fourth-order valence-electron chi connectivity index (χ4n) is 2.24. The lowest BCUT2D eigenvalue weighted by atomic mass is 10.0. The Balaban J connectivity index is 1.87. The van der Waals surface area contributed by atoms with Crippen molar-refractivity contribution in [2.75, 3.05) is 6.54 Å². The molecular weight excluding hydrogens is 270 g/mol. The van der Waals surface area contributed by atoms with Gasteiger partial charge in [-0.2, -0.15) is 5.10 Å². The van der Waals surface area contributed by atoms with Gasteiger partial charge in [0.05, 0.1) is 4.92 Å². The van der Waals surface area contributed by atoms with Crippen LogP contribution in [0.25, 0.3) is 0 Å². The molecule has 1 aromatic carbocycles. The second-order valence-corrected chi connectivity index (χ2v) is 4.80. The Morgan fingerprint density at radius 3 is 3.00 bits per heavy atom. The van der Waals surface area contributed by atoms with Crippen molar-refractivity contribution in [3.8, 4) is 0 Å². The van der Waals surface area contributed by atoms with Crippen LogP contribution in [0.4, 0.5) is 5.69 Å². The Hall–Kier alpha value is -2.28. The summed E-state index contributed by atoms with van der Waals surface area (Å²) in [4.78, 5) is 14.5. The lowest BCUT2D eigenvalue weighted by Crippen LogP contribution is -2.22. The van der Waals surface area contributed by atoms with Crippen molar-refractivity contribution in [3.63, 3.8) is 0 Å². The minimum atomic E-state index is -0.361. The highest BCUT2D eigenvalue weighted by molar-refractivity contribution is 5.35. The van der Waals surface area contributed by atoms with Gasteiger partial charge in [0, 0.05) is 24.6 Å². The third-order valence-electron chi connectivity index (χ3n) is 3.34. The maximum atomic E-state index is 10.8. The number of aromatic nitrogens is 3. The summed E-state index contributed by atoms with van der Waals surface area (Å²) in [6.07, 6.45) is 4.14. The molecule has 112 valence electrons. The lowest BCUT2D eigenvalue weighted by Gasteiger charge is -2.17. The number of hydrogen-bond acceptors (Lipinski definition) is 5. The fraction of sp³-hybridized carbons (Fsp3) is 0.429. The smallest absolute Gasteiger partial charge is 0.269 e. The summed E-state index contributed by atoms with van der Waals surface area (Å²) in [6, 6.07) is 6.92. The van der Waals surface area contributed by atoms with Crippen LogP contribution in [0.2, 0.25) is 0 Å². The van der Waals surface area contributed by atoms with Crippen LogP contribution in [-0.2, 0) is 6.42 Å². The second-order valence-electron chi connectivity index (χ2n) is 4.80. The van der Waals surface area contributed by atoms with Gasteiger partial charge >= 0.3 is 0 Å². The molecule has 0 aliphatic rings. The van der Waals surface area contributed by atoms with Crippen molar-refractivity contribution >= 4 is 5.69 Å². The molecule has 2 aromatic rings. The monoisotopic (exact) mass is 289 g/mol. The van der Waals surface area contributed by atoms with Gasteiger partial charge < -0.3 is 5.32 Å². The summed E-state index contributed by atoms with van der Waals surface area (Å²) in [5.74, 6) is 0.875. The third-order valence-corrected chi connectivity index (χ3v) is 3.34. The maximum Gasteiger partial charge on any atom is 0.269 e. The summed E-state index contributed by atoms with van der Waals surface area (Å²) in [5.41, 5.74) is 1.08. The van der Waals surface area contributed by atoms with E-state index in [1.54, 1.807) is 12.1 Å². The van der Waals surface area contributed by atoms with Crippen molar-refractivity contribution < 1.29 is 4.92 Å². The van der Waals surface area contributed by atoms with Crippen LogP contribution in [0.3, 0.4) is 0 Å². The van der Waals surface area contributed by atoms with E-state index in [1.165, 1.54) is 12.4 Å². The van der Waals surface area contributed by atoms with Gasteiger partial charge in [-0.15, -0.1) is 0 Å². The molecule has 7 nitrogen and oxygen atoms in total. The number of non-ortho nitro benzene ring substituents is 1. The molecule has 1 atom stereocenters. The molecule has 0 saturated heterocycles. The number of benzene rings is 1. The lowest BCUT2D eigenvalue weighted by molar-refractivity contribution is -0.384. The van der Waals surface area contributed by atoms with E-state index in [0.717, 1.165) is 37.2 Å². The predicted octanol–water partition coefficient (Wildman–Crippen LogP) is 2.39. The van der Waals surface area contributed by atoms with Crippen LogP contribution < -0.4 is 5.32 Å². The normalized spacial score (nSPS) is 12.2. The number of H-pyrrole nitrogens is 1. The molecule has 0 bridgehead atoms. The number of nitro benzene ring substituents is 1. The molecule has 0 spiro atoms. The second kappa shape index (κ2) is 7.49. The van der Waals surface area contributed by atoms with E-state index in [2.05, 4.69) is 27.4 Å². The van der Waals surface area contributed by atoms with Crippen LogP contribution in [0.15, 0.2) is 30.6 Å². The Kier molecular flexibility index (Phi) is 5.39. The molecule has 0 radical (unpaired) electrons. The number of nitrogens with one attached hydrogen (secondary N) is 2. The number of nitrogens with zero attached hydrogens (tertiary/aromatic N) is 3. The van der Waals surface area contributed by atoms with Crippen LogP contribution in [0.1, 0.15) is 37.2 Å². The SMILES string of the molecule is CCC(NCCCc1ncn[nH]1)c1cccc([N+](=O)[O-])c1. The van der Waals surface area contributed by atoms with Crippen LogP contribution in [-0.4, -0.2) is 26.6 Å². The predicted molar refractivity (Wildman–Crippen MR) is 78.8 cm³/mol. The highest BCUT2D eigenvalue weighted by Gasteiger charge is 2.12. The Morgan fingerprint density at radius 2 is 2.33 bits per heavy atom. The summed E-state index contributed by atoms with van der Waals surface area (Å²) in [6.45, 7) is 2.88. The highest BCUT2D eigenvalue weighted by Crippen LogP contribution is 2.21. The molecule has 0 aliphatic carbocycles. The molecule has 2 rings (SSSR count). The highest BCUT2D eigenvalue weighted by atomic mass is 16.6. The third kappa shape index (κ3) is 4.35. The van der Waals surface area contributed by atoms with E-state index in [1.807, 2.05) is 6.07 Å². The Morgan fingerprint density at radius 1 is 1.48 bits per heavy atom. The fourth-order valence-corrected chi connectivity index (χ4v) is 2.24. The first-order valence-electron chi connectivity index (χ1n) is 7.02. The zero-order valence-electron chi connectivity index (χ0n) is 12.0. The zero-order valence-corrected chi connectivity index (χ0v) is 12.0. The summed E-state index contributed by atoms with van der Waals surface area (Å²) >= 11 is 0. The standard InChI is InChI=1S/C14H19N5O2/c1-2-13(11-5-3-6-12(9-11)19(20)21)15-8-4-7-14-16-10-17-18-14/h3,5-6,9-10,13,15H,2,4,7-8H2,1H3,(H,16,17,18). The van der Waals surface area contributed by atoms with Crippen molar-refractivity contribution in [1.82, 2.24) is 20.5 Å². The maximum absolute atomic E-state index is 10.8. The minimum absolute atomic E-state index is 0.125. The molecule has 7 heteroatoms. The van der Waals surface area contributed by atoms with Crippen LogP contribution in [0.5, 0.6) is 0 Å². The van der Waals surface area contributed by atoms with E-state index in [-0.39, 0.29) is 16.7 Å². The van der Waals surface area contributed by atoms with E-state index in [4.69, 9.17) is 0 Å². The largest absolute Gasteiger partial charge is 0.310 e. The van der Waals surface area contributed by atoms with Crippen molar-refractivity contribution in [2.24, 2.45) is 0 Å². The first-order valence-corrected chi connectivity index (χ1v) is 7.02. The molecule has 2 N–H and O–H groups in total. The van der Waals surface area contributed by atoms with Gasteiger partial charge in [-0.25, -0.2) is 4.98 Å². The van der Waals surface area contributed by atoms with Crippen molar-refractivity contribution in [2.45, 2.75) is 32.2 Å². The van der Waals surface area contributed by atoms with Gasteiger partial charge in [-0.1, -0.05) is 19.1 Å². The van der Waals surface area contributed by atoms with Gasteiger partial charge in [0.1, 0.15) is 12.2 Å². The first kappa shape index (κ1) is 15.1. The van der Waals surface area contributed by atoms with Crippen LogP contribution >= 0.6 is 0 Å². The van der Waals surface area contributed by atoms with Gasteiger partial charge in [0.25, 0.3) is 5.69 Å². The van der Waals surface area contributed by atoms with E-state index < -0.39 is 0 Å². The molecule has 0 saturated carbocycles. The average Bonchev–Trinajstić information content (AvgIpc) is 3.01. The van der Waals surface area contributed by atoms with Crippen molar-refractivity contribution in [1.29, 1.82) is 0 Å². The Bertz CT molecular complexity index is 571. The van der Waals surface area contributed by atoms with Gasteiger partial charge in [0.2, 0.25) is 0 Å². The van der Waals surface area contributed by atoms with E-state index in [0.29, 0.717) is 0 Å². The summed E-state index contributed by atoms with van der Waals surface area (Å²) < 4.78 is 0. The number of hydrogen-bond donors (Lipinski definition) is 2. The van der Waals surface area contributed by atoms with Gasteiger partial charge in [-0.05, 0) is 24.9 Å². The molecule has 1 aromatic heterocycles. The van der Waals surface area contributed by atoms with Crippen molar-refractivity contribution in [3.05, 3.63) is 52.1 Å². The molecular formula is C14H19N5O2. The molecule has 0 aliphatic heterocycles. The zero-order chi connectivity index (χ0) is 15.1. The van der Waals surface area contributed by atoms with E-state index in [9.17, 15) is 10.1 Å². The molecule has 1 heterocycles. The number of nitro groups is 1. The molecule has 0 amide bonds. The molecule has 0 fully saturated rings. The number of rotatable bonds is 8. The number of aromatic amines is 1. The van der Waals surface area contributed by atoms with Gasteiger partial charge in [0.15, 0.2) is 0 Å². The van der Waals surface area contributed by atoms with Crippen LogP contribution in [0, 0.1) is 10.1 Å². The summed E-state index contributed by atoms with van der Waals surface area (Å²) in [7, 11) is 0. The average molecular weight is 289 g/mol. The molecule has 21 heavy (non-hydrogen) atoms. The quantitative estimate of drug-likeness (QED) is 0.442. The van der Waals surface area contributed by atoms with Gasteiger partial charge in [-0.3, -0.25) is 15.2 Å². The topological polar surface area (TPSA) is 96.7 Å². The minimum Gasteiger partial charge on any atom is -0.310 e. The number of aryl methyl sites for hydroxylation is 1. The summed E-state index contributed by atoms with van der Waals surface area (Å²) in [5, 5.41) is 20.9. The van der Waals surface area contributed by atoms with E-state index >= 15 is 0 Å². The Labute approximate surface area is 122 Å².